The van der Waals surface area contributed by atoms with Crippen LogP contribution in [0.2, 0.25) is 0 Å². The zero-order valence-corrected chi connectivity index (χ0v) is 20.9. The van der Waals surface area contributed by atoms with Crippen LogP contribution < -0.4 is 9.68 Å². The molecule has 193 valence electrons. The molecule has 2 saturated heterocycles. The summed E-state index contributed by atoms with van der Waals surface area (Å²) in [7, 11) is -9.34. The Morgan fingerprint density at radius 2 is 1.03 bits per heavy atom. The Bertz CT molecular complexity index is 1240. The number of rotatable bonds is 8. The molecule has 0 bridgehead atoms. The van der Waals surface area contributed by atoms with E-state index in [4.69, 9.17) is 19.9 Å². The maximum Gasteiger partial charge on any atom is 4.00 e. The third-order valence-electron chi connectivity index (χ3n) is 4.21. The van der Waals surface area contributed by atoms with E-state index in [1.807, 2.05) is 0 Å². The van der Waals surface area contributed by atoms with Gasteiger partial charge in [-0.3, -0.25) is 0 Å². The van der Waals surface area contributed by atoms with Gasteiger partial charge in [-0.2, -0.15) is 0 Å². The largest absolute Gasteiger partial charge is 4.00 e. The van der Waals surface area contributed by atoms with Gasteiger partial charge in [0.05, 0.1) is 36.0 Å². The van der Waals surface area contributed by atoms with Gasteiger partial charge in [0.25, 0.3) is 0 Å². The molecule has 2 aliphatic rings. The quantitative estimate of drug-likeness (QED) is 0.299. The van der Waals surface area contributed by atoms with Crippen molar-refractivity contribution >= 4 is 32.2 Å². The third kappa shape index (κ3) is 8.73. The van der Waals surface area contributed by atoms with Crippen LogP contribution in [0.15, 0.2) is 46.2 Å². The molecule has 2 aromatic rings. The van der Waals surface area contributed by atoms with Gasteiger partial charge >= 0.3 is 30.5 Å². The fraction of sp³-hybridized carbons (Fsp3) is 0.222. The molecule has 2 aromatic carbocycles. The monoisotopic (exact) mass is 583 g/mol. The molecule has 0 atom stereocenters. The summed E-state index contributed by atoms with van der Waals surface area (Å²) in [5.74, 6) is -2.68. The van der Waals surface area contributed by atoms with Gasteiger partial charge in [0.1, 0.15) is 31.4 Å². The molecule has 1 radical (unpaired) electrons. The minimum absolute atomic E-state index is 0. The average Bonchev–Trinajstić information content (AvgIpc) is 3.64. The number of benzene rings is 2. The van der Waals surface area contributed by atoms with E-state index in [-0.39, 0.29) is 46.7 Å². The molecule has 2 heterocycles. The standard InChI is InChI=1S/2C9H9NO6S.O.V/c2*11-9(12)7-5-6(17(13,14)15)1-2-8(7)16-10-3-4-10;;/h2*1-2,5H,3-4H2,(H,11,12)(H,13,14,15);;/q;;-2;+4/p-2. The van der Waals surface area contributed by atoms with Gasteiger partial charge in [-0.25, -0.2) is 26.4 Å². The number of carbonyl (C=O) groups is 2. The molecule has 2 aliphatic heterocycles. The Morgan fingerprint density at radius 1 is 0.722 bits per heavy atom. The van der Waals surface area contributed by atoms with Crippen molar-refractivity contribution in [3.8, 4) is 11.5 Å². The fourth-order valence-electron chi connectivity index (χ4n) is 2.37. The molecule has 36 heavy (non-hydrogen) atoms. The number of nitrogens with zero attached hydrogens (tertiary/aromatic N) is 2. The SMILES string of the molecule is O=C(O)c1cc(S(=O)(=O)[O-])ccc1ON1CC1.O=C(O)c1cc(S(=O)(=O)[O-])ccc1ON1CC1.[O-2].[V+4]. The Kier molecular flexibility index (Phi) is 10.4. The number of hydroxylamine groups is 4. The molecular formula is C18H16N2O13S2V. The first-order chi connectivity index (χ1) is 15.8. The van der Waals surface area contributed by atoms with Crippen molar-refractivity contribution in [1.82, 2.24) is 10.1 Å². The van der Waals surface area contributed by atoms with Crippen LogP contribution in [0.5, 0.6) is 11.5 Å². The van der Waals surface area contributed by atoms with Gasteiger partial charge in [-0.15, -0.1) is 10.1 Å². The van der Waals surface area contributed by atoms with Crippen LogP contribution in [0.4, 0.5) is 0 Å². The smallest absolute Gasteiger partial charge is 2.00 e. The van der Waals surface area contributed by atoms with Crippen molar-refractivity contribution in [1.29, 1.82) is 0 Å². The Hall–Kier alpha value is -2.74. The first-order valence-corrected chi connectivity index (χ1v) is 12.1. The van der Waals surface area contributed by atoms with Gasteiger partial charge in [0.15, 0.2) is 11.5 Å². The van der Waals surface area contributed by atoms with Crippen molar-refractivity contribution in [2.75, 3.05) is 26.2 Å². The van der Waals surface area contributed by atoms with E-state index >= 15 is 0 Å². The normalized spacial score (nSPS) is 14.7. The van der Waals surface area contributed by atoms with Crippen LogP contribution in [-0.2, 0) is 44.3 Å². The molecular weight excluding hydrogens is 567 g/mol. The minimum atomic E-state index is -4.67. The summed E-state index contributed by atoms with van der Waals surface area (Å²) < 4.78 is 64.5. The first kappa shape index (κ1) is 31.3. The molecule has 2 fully saturated rings. The third-order valence-corrected chi connectivity index (χ3v) is 5.87. The van der Waals surface area contributed by atoms with Gasteiger partial charge < -0.3 is 34.5 Å². The summed E-state index contributed by atoms with van der Waals surface area (Å²) in [6.45, 7) is 2.72. The number of carboxylic acids is 2. The molecule has 0 aromatic heterocycles. The van der Waals surface area contributed by atoms with Crippen molar-refractivity contribution < 1.29 is 79.5 Å². The first-order valence-electron chi connectivity index (χ1n) is 9.28. The summed E-state index contributed by atoms with van der Waals surface area (Å²) >= 11 is 0. The van der Waals surface area contributed by atoms with Gasteiger partial charge in [-0.1, -0.05) is 0 Å². The molecule has 0 aliphatic carbocycles. The van der Waals surface area contributed by atoms with E-state index in [0.29, 0.717) is 26.2 Å². The minimum Gasteiger partial charge on any atom is -2.00 e. The van der Waals surface area contributed by atoms with E-state index in [1.54, 1.807) is 0 Å². The number of hydrogen-bond acceptors (Lipinski definition) is 12. The van der Waals surface area contributed by atoms with Crippen molar-refractivity contribution in [2.24, 2.45) is 0 Å². The van der Waals surface area contributed by atoms with Gasteiger partial charge in [0.2, 0.25) is 0 Å². The molecule has 4 rings (SSSR count). The summed E-state index contributed by atoms with van der Waals surface area (Å²) in [5.41, 5.74) is -0.706. The van der Waals surface area contributed by atoms with Crippen LogP contribution >= 0.6 is 0 Å². The van der Waals surface area contributed by atoms with Crippen LogP contribution in [0.25, 0.3) is 0 Å². The molecule has 2 N–H and O–H groups in total. The van der Waals surface area contributed by atoms with Crippen LogP contribution in [0, 0.1) is 0 Å². The molecule has 0 amide bonds. The number of aromatic carboxylic acids is 2. The molecule has 18 heteroatoms. The van der Waals surface area contributed by atoms with Crippen molar-refractivity contribution in [3.05, 3.63) is 47.5 Å². The fourth-order valence-corrected chi connectivity index (χ4v) is 3.36. The second-order valence-corrected chi connectivity index (χ2v) is 9.63. The Balaban J connectivity index is 0.000000341. The van der Waals surface area contributed by atoms with E-state index in [1.165, 1.54) is 10.1 Å². The summed E-state index contributed by atoms with van der Waals surface area (Å²) in [5, 5.41) is 20.8. The zero-order chi connectivity index (χ0) is 25.3. The predicted octanol–water partition coefficient (Wildman–Crippen LogP) is -0.325. The van der Waals surface area contributed by atoms with Crippen LogP contribution in [0.1, 0.15) is 20.7 Å². The second kappa shape index (κ2) is 12.0. The maximum atomic E-state index is 10.9. The Labute approximate surface area is 216 Å². The van der Waals surface area contributed by atoms with Crippen molar-refractivity contribution in [2.45, 2.75) is 9.79 Å². The molecule has 0 unspecified atom stereocenters. The predicted molar refractivity (Wildman–Crippen MR) is 108 cm³/mol. The molecule has 0 spiro atoms. The Morgan fingerprint density at radius 3 is 1.25 bits per heavy atom. The number of carboxylic acid groups (broad SMARTS) is 2. The molecule has 0 saturated carbocycles. The second-order valence-electron chi connectivity index (χ2n) is 6.88. The summed E-state index contributed by atoms with van der Waals surface area (Å²) in [4.78, 5) is 30.9. The van der Waals surface area contributed by atoms with Gasteiger partial charge in [0, 0.05) is 0 Å². The topological polar surface area (TPSA) is 242 Å². The molecule has 15 nitrogen and oxygen atoms in total. The van der Waals surface area contributed by atoms with Gasteiger partial charge in [-0.05, 0) is 36.4 Å². The van der Waals surface area contributed by atoms with Crippen molar-refractivity contribution in [3.63, 3.8) is 0 Å². The van der Waals surface area contributed by atoms with E-state index < -0.39 is 42.0 Å². The van der Waals surface area contributed by atoms with E-state index in [0.717, 1.165) is 36.4 Å². The summed E-state index contributed by atoms with van der Waals surface area (Å²) in [6.07, 6.45) is 0. The maximum absolute atomic E-state index is 10.9. The summed E-state index contributed by atoms with van der Waals surface area (Å²) in [6, 6.07) is 5.95. The van der Waals surface area contributed by atoms with Crippen LogP contribution in [0.3, 0.4) is 0 Å². The van der Waals surface area contributed by atoms with E-state index in [2.05, 4.69) is 0 Å². The van der Waals surface area contributed by atoms with Crippen LogP contribution in [-0.4, -0.2) is 84.4 Å². The number of hydrogen-bond donors (Lipinski definition) is 2. The van der Waals surface area contributed by atoms with E-state index in [9.17, 15) is 35.5 Å². The average molecular weight is 583 g/mol. The zero-order valence-electron chi connectivity index (χ0n) is 17.8.